The van der Waals surface area contributed by atoms with Crippen molar-refractivity contribution in [2.75, 3.05) is 11.5 Å². The van der Waals surface area contributed by atoms with Gasteiger partial charge in [0, 0.05) is 24.8 Å². The smallest absolute Gasteiger partial charge is 0.185 e. The van der Waals surface area contributed by atoms with Gasteiger partial charge in [0.05, 0.1) is 18.6 Å². The molecule has 2 atom stereocenters. The van der Waals surface area contributed by atoms with Gasteiger partial charge in [0.2, 0.25) is 0 Å². The molecule has 0 aliphatic carbocycles. The normalized spacial score (nSPS) is 22.2. The van der Waals surface area contributed by atoms with E-state index in [1.54, 1.807) is 37.1 Å². The molecular weight excluding hydrogens is 344 g/mol. The minimum atomic E-state index is -0.866. The Hall–Kier alpha value is -3.52. The van der Waals surface area contributed by atoms with Crippen LogP contribution in [0.1, 0.15) is 23.5 Å². The van der Waals surface area contributed by atoms with Crippen molar-refractivity contribution >= 4 is 5.82 Å². The third kappa shape index (κ3) is 2.42. The van der Waals surface area contributed by atoms with E-state index in [-0.39, 0.29) is 0 Å². The van der Waals surface area contributed by atoms with Crippen molar-refractivity contribution in [2.45, 2.75) is 11.8 Å². The number of hydrogen-bond acceptors (Lipinski definition) is 7. The van der Waals surface area contributed by atoms with E-state index in [1.807, 2.05) is 41.3 Å². The molecular formula is C19H16N6O2. The second kappa shape index (κ2) is 6.33. The van der Waals surface area contributed by atoms with Crippen LogP contribution in [0.4, 0.5) is 5.82 Å². The number of nitrogens with one attached hydrogen (secondary N) is 1. The van der Waals surface area contributed by atoms with Crippen LogP contribution in [0.5, 0.6) is 0 Å². The second-order valence-corrected chi connectivity index (χ2v) is 6.14. The van der Waals surface area contributed by atoms with Crippen molar-refractivity contribution in [3.8, 4) is 0 Å². The number of rotatable bonds is 4. The minimum absolute atomic E-state index is 0.296. The SMILES string of the molecule is c1ccc(N2C(c3ccn[nH]3)OCC2(c2ncccn2)c2ccco2)nc1. The van der Waals surface area contributed by atoms with Crippen LogP contribution >= 0.6 is 0 Å². The number of H-pyrrole nitrogens is 1. The van der Waals surface area contributed by atoms with E-state index in [1.165, 1.54) is 0 Å². The average molecular weight is 360 g/mol. The number of furan rings is 1. The van der Waals surface area contributed by atoms with Crippen LogP contribution in [0.3, 0.4) is 0 Å². The van der Waals surface area contributed by atoms with E-state index < -0.39 is 11.8 Å². The van der Waals surface area contributed by atoms with E-state index >= 15 is 0 Å². The lowest BCUT2D eigenvalue weighted by atomic mass is 9.93. The van der Waals surface area contributed by atoms with Gasteiger partial charge in [-0.15, -0.1) is 0 Å². The summed E-state index contributed by atoms with van der Waals surface area (Å²) in [6, 6.07) is 13.2. The molecule has 8 heteroatoms. The Morgan fingerprint density at radius 2 is 1.85 bits per heavy atom. The molecule has 4 aromatic heterocycles. The van der Waals surface area contributed by atoms with Crippen LogP contribution < -0.4 is 4.90 Å². The molecule has 27 heavy (non-hydrogen) atoms. The quantitative estimate of drug-likeness (QED) is 0.598. The fourth-order valence-corrected chi connectivity index (χ4v) is 3.49. The Morgan fingerprint density at radius 1 is 0.963 bits per heavy atom. The Morgan fingerprint density at radius 3 is 2.56 bits per heavy atom. The molecule has 0 amide bonds. The maximum atomic E-state index is 6.23. The largest absolute Gasteiger partial charge is 0.466 e. The number of anilines is 1. The van der Waals surface area contributed by atoms with Gasteiger partial charge in [-0.1, -0.05) is 6.07 Å². The Bertz CT molecular complexity index is 991. The predicted molar refractivity (Wildman–Crippen MR) is 95.5 cm³/mol. The van der Waals surface area contributed by atoms with Gasteiger partial charge in [0.15, 0.2) is 17.6 Å². The van der Waals surface area contributed by atoms with E-state index in [0.717, 1.165) is 11.5 Å². The third-order valence-corrected chi connectivity index (χ3v) is 4.64. The maximum absolute atomic E-state index is 6.23. The highest BCUT2D eigenvalue weighted by atomic mass is 16.5. The van der Waals surface area contributed by atoms with Gasteiger partial charge < -0.3 is 14.1 Å². The van der Waals surface area contributed by atoms with Crippen molar-refractivity contribution < 1.29 is 9.15 Å². The highest BCUT2D eigenvalue weighted by Gasteiger charge is 2.55. The number of pyridine rings is 1. The Labute approximate surface area is 154 Å². The van der Waals surface area contributed by atoms with Gasteiger partial charge in [0.1, 0.15) is 11.6 Å². The molecule has 134 valence electrons. The molecule has 8 nitrogen and oxygen atoms in total. The van der Waals surface area contributed by atoms with Crippen LogP contribution in [-0.4, -0.2) is 31.8 Å². The molecule has 0 spiro atoms. The predicted octanol–water partition coefficient (Wildman–Crippen LogP) is 2.67. The summed E-state index contributed by atoms with van der Waals surface area (Å²) in [5.74, 6) is 1.98. The number of nitrogens with zero attached hydrogens (tertiary/aromatic N) is 5. The molecule has 2 unspecified atom stereocenters. The van der Waals surface area contributed by atoms with Gasteiger partial charge in [-0.2, -0.15) is 5.10 Å². The highest BCUT2D eigenvalue weighted by molar-refractivity contribution is 5.51. The molecule has 1 fully saturated rings. The lowest BCUT2D eigenvalue weighted by Gasteiger charge is -2.36. The molecule has 1 saturated heterocycles. The van der Waals surface area contributed by atoms with Crippen LogP contribution in [0.2, 0.25) is 0 Å². The van der Waals surface area contributed by atoms with Crippen LogP contribution in [0, 0.1) is 0 Å². The average Bonchev–Trinajstić information content (AvgIpc) is 3.49. The molecule has 1 aliphatic rings. The third-order valence-electron chi connectivity index (χ3n) is 4.64. The first-order valence-corrected chi connectivity index (χ1v) is 8.52. The minimum Gasteiger partial charge on any atom is -0.466 e. The zero-order valence-electron chi connectivity index (χ0n) is 14.3. The van der Waals surface area contributed by atoms with Gasteiger partial charge in [-0.25, -0.2) is 15.0 Å². The molecule has 0 saturated carbocycles. The van der Waals surface area contributed by atoms with Crippen molar-refractivity contribution in [1.82, 2.24) is 25.1 Å². The first kappa shape index (κ1) is 15.7. The zero-order chi connectivity index (χ0) is 18.1. The molecule has 0 radical (unpaired) electrons. The lowest BCUT2D eigenvalue weighted by Crippen LogP contribution is -2.47. The standard InChI is InChI=1S/C19H16N6O2/c1-2-8-20-16(6-1)25-17(14-7-11-23-24-14)27-13-19(25,15-5-3-12-26-15)18-21-9-4-10-22-18/h1-12,17H,13H2,(H,23,24). The molecule has 5 rings (SSSR count). The lowest BCUT2D eigenvalue weighted by molar-refractivity contribution is 0.102. The summed E-state index contributed by atoms with van der Waals surface area (Å²) in [5.41, 5.74) is -0.0560. The number of hydrogen-bond donors (Lipinski definition) is 1. The molecule has 0 bridgehead atoms. The molecule has 5 heterocycles. The zero-order valence-corrected chi connectivity index (χ0v) is 14.3. The monoisotopic (exact) mass is 360 g/mol. The van der Waals surface area contributed by atoms with Crippen molar-refractivity contribution in [2.24, 2.45) is 0 Å². The molecule has 4 aromatic rings. The number of aromatic nitrogens is 5. The van der Waals surface area contributed by atoms with E-state index in [9.17, 15) is 0 Å². The summed E-state index contributed by atoms with van der Waals surface area (Å²) in [6.45, 7) is 0.296. The van der Waals surface area contributed by atoms with Crippen molar-refractivity contribution in [3.63, 3.8) is 0 Å². The summed E-state index contributed by atoms with van der Waals surface area (Å²) in [4.78, 5) is 15.7. The first-order chi connectivity index (χ1) is 13.4. The van der Waals surface area contributed by atoms with Crippen LogP contribution in [0.25, 0.3) is 0 Å². The van der Waals surface area contributed by atoms with Gasteiger partial charge >= 0.3 is 0 Å². The first-order valence-electron chi connectivity index (χ1n) is 8.52. The summed E-state index contributed by atoms with van der Waals surface area (Å²) in [7, 11) is 0. The van der Waals surface area contributed by atoms with E-state index in [0.29, 0.717) is 18.2 Å². The summed E-state index contributed by atoms with van der Waals surface area (Å²) in [5, 5.41) is 7.07. The molecule has 1 aliphatic heterocycles. The number of ether oxygens (including phenoxy) is 1. The topological polar surface area (TPSA) is 93.0 Å². The van der Waals surface area contributed by atoms with Gasteiger partial charge in [-0.3, -0.25) is 5.10 Å². The number of aromatic amines is 1. The summed E-state index contributed by atoms with van der Waals surface area (Å²) >= 11 is 0. The van der Waals surface area contributed by atoms with E-state index in [2.05, 4.69) is 25.1 Å². The molecule has 1 N–H and O–H groups in total. The summed E-state index contributed by atoms with van der Waals surface area (Å²) < 4.78 is 12.1. The molecule has 0 aromatic carbocycles. The highest BCUT2D eigenvalue weighted by Crippen LogP contribution is 2.48. The maximum Gasteiger partial charge on any atom is 0.185 e. The Balaban J connectivity index is 1.76. The fourth-order valence-electron chi connectivity index (χ4n) is 3.49. The second-order valence-electron chi connectivity index (χ2n) is 6.14. The van der Waals surface area contributed by atoms with Crippen LogP contribution in [0.15, 0.2) is 77.9 Å². The summed E-state index contributed by atoms with van der Waals surface area (Å²) in [6.07, 6.45) is 8.06. The fraction of sp³-hybridized carbons (Fsp3) is 0.158. The van der Waals surface area contributed by atoms with Gasteiger partial charge in [0.25, 0.3) is 0 Å². The van der Waals surface area contributed by atoms with Gasteiger partial charge in [-0.05, 0) is 36.4 Å². The van der Waals surface area contributed by atoms with Crippen LogP contribution in [-0.2, 0) is 10.3 Å². The van der Waals surface area contributed by atoms with E-state index in [4.69, 9.17) is 9.15 Å². The van der Waals surface area contributed by atoms with Crippen molar-refractivity contribution in [3.05, 3.63) is 90.8 Å². The Kier molecular flexibility index (Phi) is 3.68. The van der Waals surface area contributed by atoms with Crippen molar-refractivity contribution in [1.29, 1.82) is 0 Å².